The third kappa shape index (κ3) is 4.92. The van der Waals surface area contributed by atoms with Crippen LogP contribution in [0.15, 0.2) is 41.3 Å². The molecule has 0 bridgehead atoms. The van der Waals surface area contributed by atoms with Crippen LogP contribution in [-0.2, 0) is 13.0 Å². The van der Waals surface area contributed by atoms with E-state index in [1.807, 2.05) is 6.07 Å². The Morgan fingerprint density at radius 3 is 3.00 bits per heavy atom. The van der Waals surface area contributed by atoms with Gasteiger partial charge < -0.3 is 9.72 Å². The maximum absolute atomic E-state index is 13.3. The van der Waals surface area contributed by atoms with Crippen molar-refractivity contribution in [2.24, 2.45) is 5.92 Å². The van der Waals surface area contributed by atoms with Gasteiger partial charge in [0.05, 0.1) is 7.11 Å². The predicted molar refractivity (Wildman–Crippen MR) is 96.3 cm³/mol. The van der Waals surface area contributed by atoms with Crippen LogP contribution in [0.4, 0.5) is 4.39 Å². The minimum Gasteiger partial charge on any atom is -0.491 e. The van der Waals surface area contributed by atoms with Gasteiger partial charge in [0.2, 0.25) is 5.43 Å². The molecule has 2 aromatic rings. The first-order valence-electron chi connectivity index (χ1n) is 8.86. The van der Waals surface area contributed by atoms with Crippen LogP contribution in [0.5, 0.6) is 5.75 Å². The smallest absolute Gasteiger partial charge is 0.223 e. The summed E-state index contributed by atoms with van der Waals surface area (Å²) in [6.45, 7) is 2.81. The molecular formula is C20H25FN2O2. The number of likely N-dealkylation sites (tertiary alicyclic amines) is 1. The fourth-order valence-electron chi connectivity index (χ4n) is 3.59. The van der Waals surface area contributed by atoms with Crippen molar-refractivity contribution >= 4 is 0 Å². The molecule has 0 spiro atoms. The molecule has 1 atom stereocenters. The van der Waals surface area contributed by atoms with Crippen molar-refractivity contribution in [3.8, 4) is 5.75 Å². The number of methoxy groups -OCH3 is 1. The van der Waals surface area contributed by atoms with Crippen LogP contribution < -0.4 is 10.2 Å². The zero-order chi connectivity index (χ0) is 17.6. The molecular weight excluding hydrogens is 319 g/mol. The SMILES string of the molecule is COc1c[nH]c(CN2CCC[C@@H](CCc3cccc(F)c3)C2)cc1=O. The predicted octanol–water partition coefficient (Wildman–Crippen LogP) is 3.37. The summed E-state index contributed by atoms with van der Waals surface area (Å²) in [5.41, 5.74) is 1.89. The third-order valence-corrected chi connectivity index (χ3v) is 4.88. The summed E-state index contributed by atoms with van der Waals surface area (Å²) >= 11 is 0. The van der Waals surface area contributed by atoms with Crippen LogP contribution in [0.3, 0.4) is 0 Å². The summed E-state index contributed by atoms with van der Waals surface area (Å²) in [4.78, 5) is 17.4. The van der Waals surface area contributed by atoms with Crippen molar-refractivity contribution in [2.75, 3.05) is 20.2 Å². The van der Waals surface area contributed by atoms with Crippen LogP contribution >= 0.6 is 0 Å². The number of halogens is 1. The molecule has 1 aliphatic heterocycles. The topological polar surface area (TPSA) is 45.3 Å². The zero-order valence-corrected chi connectivity index (χ0v) is 14.6. The Hall–Kier alpha value is -2.14. The normalized spacial score (nSPS) is 18.2. The number of piperidine rings is 1. The molecule has 1 aliphatic rings. The van der Waals surface area contributed by atoms with E-state index in [0.717, 1.165) is 50.2 Å². The largest absolute Gasteiger partial charge is 0.491 e. The quantitative estimate of drug-likeness (QED) is 0.874. The Kier molecular flexibility index (Phi) is 5.87. The Bertz CT molecular complexity index is 759. The number of rotatable bonds is 6. The summed E-state index contributed by atoms with van der Waals surface area (Å²) in [5, 5.41) is 0. The second kappa shape index (κ2) is 8.30. The molecule has 134 valence electrons. The second-order valence-electron chi connectivity index (χ2n) is 6.80. The summed E-state index contributed by atoms with van der Waals surface area (Å²) in [6.07, 6.45) is 5.98. The third-order valence-electron chi connectivity index (χ3n) is 4.88. The van der Waals surface area contributed by atoms with Gasteiger partial charge in [0.15, 0.2) is 5.75 Å². The van der Waals surface area contributed by atoms with E-state index in [1.54, 1.807) is 24.4 Å². The molecule has 0 unspecified atom stereocenters. The number of hydrogen-bond acceptors (Lipinski definition) is 3. The van der Waals surface area contributed by atoms with E-state index in [4.69, 9.17) is 4.74 Å². The lowest BCUT2D eigenvalue weighted by Crippen LogP contribution is -2.35. The number of H-pyrrole nitrogens is 1. The maximum atomic E-state index is 13.3. The van der Waals surface area contributed by atoms with Gasteiger partial charge >= 0.3 is 0 Å². The second-order valence-corrected chi connectivity index (χ2v) is 6.80. The number of aromatic nitrogens is 1. The van der Waals surface area contributed by atoms with Crippen LogP contribution in [0.25, 0.3) is 0 Å². The minimum atomic E-state index is -0.161. The van der Waals surface area contributed by atoms with Crippen molar-refractivity contribution in [2.45, 2.75) is 32.2 Å². The number of nitrogens with one attached hydrogen (secondary N) is 1. The lowest BCUT2D eigenvalue weighted by Gasteiger charge is -2.32. The number of hydrogen-bond donors (Lipinski definition) is 1. The van der Waals surface area contributed by atoms with Gasteiger partial charge in [-0.1, -0.05) is 12.1 Å². The highest BCUT2D eigenvalue weighted by Gasteiger charge is 2.20. The molecule has 1 aromatic carbocycles. The average Bonchev–Trinajstić information content (AvgIpc) is 2.61. The fraction of sp³-hybridized carbons (Fsp3) is 0.450. The van der Waals surface area contributed by atoms with Gasteiger partial charge in [-0.2, -0.15) is 0 Å². The van der Waals surface area contributed by atoms with Gasteiger partial charge in [0.1, 0.15) is 5.82 Å². The molecule has 5 heteroatoms. The van der Waals surface area contributed by atoms with Gasteiger partial charge in [-0.15, -0.1) is 0 Å². The van der Waals surface area contributed by atoms with E-state index in [2.05, 4.69) is 9.88 Å². The van der Waals surface area contributed by atoms with E-state index in [1.165, 1.54) is 19.6 Å². The monoisotopic (exact) mass is 344 g/mol. The standard InChI is InChI=1S/C20H25FN2O2/c1-25-20-12-22-18(11-19(20)24)14-23-9-3-5-16(13-23)8-7-15-4-2-6-17(21)10-15/h2,4,6,10-12,16H,3,5,7-9,13-14H2,1H3,(H,22,24)/t16-/m0/s1. The van der Waals surface area contributed by atoms with Crippen LogP contribution in [-0.4, -0.2) is 30.1 Å². The number of aryl methyl sites for hydroxylation is 1. The molecule has 1 fully saturated rings. The van der Waals surface area contributed by atoms with E-state index in [0.29, 0.717) is 11.7 Å². The molecule has 1 aromatic heterocycles. The number of ether oxygens (including phenoxy) is 1. The van der Waals surface area contributed by atoms with Crippen molar-refractivity contribution in [1.82, 2.24) is 9.88 Å². The Balaban J connectivity index is 1.54. The summed E-state index contributed by atoms with van der Waals surface area (Å²) in [5.74, 6) is 0.795. The summed E-state index contributed by atoms with van der Waals surface area (Å²) in [7, 11) is 1.50. The van der Waals surface area contributed by atoms with E-state index < -0.39 is 0 Å². The van der Waals surface area contributed by atoms with Gasteiger partial charge in [0.25, 0.3) is 0 Å². The van der Waals surface area contributed by atoms with Crippen LogP contribution in [0.1, 0.15) is 30.5 Å². The van der Waals surface area contributed by atoms with Crippen LogP contribution in [0.2, 0.25) is 0 Å². The lowest BCUT2D eigenvalue weighted by atomic mass is 9.91. The number of benzene rings is 1. The molecule has 25 heavy (non-hydrogen) atoms. The van der Waals surface area contributed by atoms with Gasteiger partial charge in [-0.25, -0.2) is 4.39 Å². The molecule has 0 aliphatic carbocycles. The zero-order valence-electron chi connectivity index (χ0n) is 14.6. The molecule has 1 saturated heterocycles. The molecule has 4 nitrogen and oxygen atoms in total. The Morgan fingerprint density at radius 2 is 2.24 bits per heavy atom. The fourth-order valence-corrected chi connectivity index (χ4v) is 3.59. The Morgan fingerprint density at radius 1 is 1.36 bits per heavy atom. The number of pyridine rings is 1. The maximum Gasteiger partial charge on any atom is 0.223 e. The minimum absolute atomic E-state index is 0.0871. The highest BCUT2D eigenvalue weighted by Crippen LogP contribution is 2.23. The summed E-state index contributed by atoms with van der Waals surface area (Å²) < 4.78 is 18.3. The van der Waals surface area contributed by atoms with Gasteiger partial charge in [-0.05, 0) is 55.8 Å². The first kappa shape index (κ1) is 17.7. The van der Waals surface area contributed by atoms with Gasteiger partial charge in [0, 0.05) is 31.0 Å². The molecule has 0 radical (unpaired) electrons. The van der Waals surface area contributed by atoms with Crippen molar-refractivity contribution in [3.63, 3.8) is 0 Å². The van der Waals surface area contributed by atoms with Crippen LogP contribution in [0, 0.1) is 11.7 Å². The Labute approximate surface area is 147 Å². The van der Waals surface area contributed by atoms with E-state index >= 15 is 0 Å². The van der Waals surface area contributed by atoms with Crippen molar-refractivity contribution in [1.29, 1.82) is 0 Å². The first-order valence-corrected chi connectivity index (χ1v) is 8.86. The number of nitrogens with zero attached hydrogens (tertiary/aromatic N) is 1. The summed E-state index contributed by atoms with van der Waals surface area (Å²) in [6, 6.07) is 8.50. The molecule has 1 N–H and O–H groups in total. The molecule has 3 rings (SSSR count). The highest BCUT2D eigenvalue weighted by molar-refractivity contribution is 5.20. The van der Waals surface area contributed by atoms with Crippen molar-refractivity contribution in [3.05, 3.63) is 63.8 Å². The lowest BCUT2D eigenvalue weighted by molar-refractivity contribution is 0.160. The van der Waals surface area contributed by atoms with Gasteiger partial charge in [-0.3, -0.25) is 9.69 Å². The van der Waals surface area contributed by atoms with E-state index in [9.17, 15) is 9.18 Å². The van der Waals surface area contributed by atoms with E-state index in [-0.39, 0.29) is 11.2 Å². The molecule has 2 heterocycles. The molecule has 0 saturated carbocycles. The van der Waals surface area contributed by atoms with Crippen molar-refractivity contribution < 1.29 is 9.13 Å². The first-order chi connectivity index (χ1) is 12.1. The highest BCUT2D eigenvalue weighted by atomic mass is 19.1. The molecule has 0 amide bonds. The number of aromatic amines is 1. The average molecular weight is 344 g/mol.